The Balaban J connectivity index is 1.24. The highest BCUT2D eigenvalue weighted by Gasteiger charge is 2.34. The lowest BCUT2D eigenvalue weighted by atomic mass is 9.95. The molecule has 0 bridgehead atoms. The molecule has 1 atom stereocenters. The van der Waals surface area contributed by atoms with Crippen LogP contribution in [0.5, 0.6) is 5.75 Å². The Morgan fingerprint density at radius 1 is 1.10 bits per heavy atom. The zero-order valence-corrected chi connectivity index (χ0v) is 18.2. The minimum atomic E-state index is -0.374. The molecule has 2 aliphatic rings. The first-order valence-electron chi connectivity index (χ1n) is 10.7. The van der Waals surface area contributed by atoms with Gasteiger partial charge in [0.25, 0.3) is 0 Å². The van der Waals surface area contributed by atoms with E-state index in [0.717, 1.165) is 30.2 Å². The van der Waals surface area contributed by atoms with Crippen molar-refractivity contribution in [3.63, 3.8) is 0 Å². The summed E-state index contributed by atoms with van der Waals surface area (Å²) < 4.78 is 6.05. The minimum absolute atomic E-state index is 0.000867. The van der Waals surface area contributed by atoms with E-state index in [2.05, 4.69) is 15.5 Å². The SMILES string of the molecule is CC(C)(C)C(=O)N1CC[C@@H](Oc2ccc(NC(=O)C3CN(c4cccnn4)C3)cc2)C1. The topological polar surface area (TPSA) is 87.7 Å². The Bertz CT molecular complexity index is 920. The summed E-state index contributed by atoms with van der Waals surface area (Å²) >= 11 is 0. The molecule has 0 saturated carbocycles. The van der Waals surface area contributed by atoms with Crippen molar-refractivity contribution >= 4 is 23.3 Å². The van der Waals surface area contributed by atoms with Gasteiger partial charge in [-0.1, -0.05) is 20.8 Å². The van der Waals surface area contributed by atoms with Crippen LogP contribution in [0.4, 0.5) is 11.5 Å². The fourth-order valence-electron chi connectivity index (χ4n) is 3.83. The second kappa shape index (κ2) is 8.53. The average Bonchev–Trinajstić information content (AvgIpc) is 3.16. The number of carbonyl (C=O) groups is 2. The third-order valence-electron chi connectivity index (χ3n) is 5.63. The molecule has 2 saturated heterocycles. The van der Waals surface area contributed by atoms with Crippen molar-refractivity contribution in [1.82, 2.24) is 15.1 Å². The zero-order chi connectivity index (χ0) is 22.0. The molecule has 1 aromatic heterocycles. The lowest BCUT2D eigenvalue weighted by Crippen LogP contribution is -2.52. The fourth-order valence-corrected chi connectivity index (χ4v) is 3.83. The van der Waals surface area contributed by atoms with Crippen LogP contribution in [-0.2, 0) is 9.59 Å². The van der Waals surface area contributed by atoms with Gasteiger partial charge in [-0.25, -0.2) is 0 Å². The highest BCUT2D eigenvalue weighted by molar-refractivity contribution is 5.94. The average molecular weight is 424 g/mol. The van der Waals surface area contributed by atoms with E-state index in [1.54, 1.807) is 6.20 Å². The molecule has 1 N–H and O–H groups in total. The predicted octanol–water partition coefficient (Wildman–Crippen LogP) is 2.58. The molecule has 31 heavy (non-hydrogen) atoms. The van der Waals surface area contributed by atoms with Crippen LogP contribution < -0.4 is 15.0 Å². The number of aromatic nitrogens is 2. The molecule has 3 heterocycles. The number of nitrogens with one attached hydrogen (secondary N) is 1. The summed E-state index contributed by atoms with van der Waals surface area (Å²) in [6, 6.07) is 11.1. The summed E-state index contributed by atoms with van der Waals surface area (Å²) in [7, 11) is 0. The van der Waals surface area contributed by atoms with E-state index in [4.69, 9.17) is 4.74 Å². The first-order chi connectivity index (χ1) is 14.8. The molecule has 2 amide bonds. The molecule has 0 aliphatic carbocycles. The third kappa shape index (κ3) is 4.95. The van der Waals surface area contributed by atoms with Crippen LogP contribution in [0.15, 0.2) is 42.6 Å². The summed E-state index contributed by atoms with van der Waals surface area (Å²) in [6.07, 6.45) is 2.45. The van der Waals surface area contributed by atoms with Gasteiger partial charge >= 0.3 is 0 Å². The highest BCUT2D eigenvalue weighted by Crippen LogP contribution is 2.26. The third-order valence-corrected chi connectivity index (χ3v) is 5.63. The van der Waals surface area contributed by atoms with Crippen LogP contribution >= 0.6 is 0 Å². The van der Waals surface area contributed by atoms with Gasteiger partial charge in [-0.3, -0.25) is 9.59 Å². The Morgan fingerprint density at radius 2 is 1.84 bits per heavy atom. The maximum absolute atomic E-state index is 12.5. The quantitative estimate of drug-likeness (QED) is 0.795. The van der Waals surface area contributed by atoms with Gasteiger partial charge in [0, 0.05) is 43.4 Å². The van der Waals surface area contributed by atoms with Crippen LogP contribution in [0.3, 0.4) is 0 Å². The summed E-state index contributed by atoms with van der Waals surface area (Å²) in [5.74, 6) is 1.63. The molecule has 4 rings (SSSR count). The van der Waals surface area contributed by atoms with Crippen molar-refractivity contribution in [2.45, 2.75) is 33.3 Å². The van der Waals surface area contributed by atoms with Gasteiger partial charge in [-0.15, -0.1) is 5.10 Å². The summed E-state index contributed by atoms with van der Waals surface area (Å²) in [6.45, 7) is 8.42. The maximum Gasteiger partial charge on any atom is 0.231 e. The maximum atomic E-state index is 12.5. The van der Waals surface area contributed by atoms with Gasteiger partial charge in [0.2, 0.25) is 11.8 Å². The van der Waals surface area contributed by atoms with Crippen LogP contribution in [0, 0.1) is 11.3 Å². The number of carbonyl (C=O) groups excluding carboxylic acids is 2. The normalized spacial score (nSPS) is 19.1. The number of rotatable bonds is 5. The largest absolute Gasteiger partial charge is 0.489 e. The molecule has 0 radical (unpaired) electrons. The van der Waals surface area contributed by atoms with Gasteiger partial charge in [-0.05, 0) is 36.4 Å². The second-order valence-electron chi connectivity index (χ2n) is 9.23. The Hall–Kier alpha value is -3.16. The Labute approximate surface area is 182 Å². The van der Waals surface area contributed by atoms with Crippen molar-refractivity contribution < 1.29 is 14.3 Å². The molecule has 2 aliphatic heterocycles. The molecule has 1 aromatic carbocycles. The van der Waals surface area contributed by atoms with E-state index < -0.39 is 0 Å². The minimum Gasteiger partial charge on any atom is -0.489 e. The smallest absolute Gasteiger partial charge is 0.231 e. The highest BCUT2D eigenvalue weighted by atomic mass is 16.5. The summed E-state index contributed by atoms with van der Waals surface area (Å²) in [5.41, 5.74) is 0.368. The van der Waals surface area contributed by atoms with E-state index in [1.165, 1.54) is 0 Å². The van der Waals surface area contributed by atoms with E-state index >= 15 is 0 Å². The van der Waals surface area contributed by atoms with Gasteiger partial charge in [0.1, 0.15) is 11.9 Å². The van der Waals surface area contributed by atoms with Crippen LogP contribution in [0.25, 0.3) is 0 Å². The van der Waals surface area contributed by atoms with Crippen molar-refractivity contribution in [2.75, 3.05) is 36.4 Å². The molecule has 8 heteroatoms. The molecular formula is C23H29N5O3. The summed E-state index contributed by atoms with van der Waals surface area (Å²) in [5, 5.41) is 10.9. The van der Waals surface area contributed by atoms with E-state index in [9.17, 15) is 9.59 Å². The molecular weight excluding hydrogens is 394 g/mol. The number of benzene rings is 1. The van der Waals surface area contributed by atoms with Gasteiger partial charge in [-0.2, -0.15) is 5.10 Å². The number of anilines is 2. The standard InChI is InChI=1S/C23H29N5O3/c1-23(2,3)22(30)27-12-10-19(15-27)31-18-8-6-17(7-9-18)25-21(29)16-13-28(14-16)20-5-4-11-24-26-20/h4-9,11,16,19H,10,12-15H2,1-3H3,(H,25,29)/t19-/m1/s1. The molecule has 0 spiro atoms. The lowest BCUT2D eigenvalue weighted by molar-refractivity contribution is -0.138. The van der Waals surface area contributed by atoms with Crippen LogP contribution in [0.1, 0.15) is 27.2 Å². The van der Waals surface area contributed by atoms with Gasteiger partial charge < -0.3 is 19.9 Å². The second-order valence-corrected chi connectivity index (χ2v) is 9.23. The van der Waals surface area contributed by atoms with Crippen molar-refractivity contribution in [3.05, 3.63) is 42.6 Å². The van der Waals surface area contributed by atoms with Gasteiger partial charge in [0.15, 0.2) is 5.82 Å². The molecule has 0 unspecified atom stereocenters. The first kappa shape index (κ1) is 21.1. The lowest BCUT2D eigenvalue weighted by Gasteiger charge is -2.38. The first-order valence-corrected chi connectivity index (χ1v) is 10.7. The number of likely N-dealkylation sites (tertiary alicyclic amines) is 1. The predicted molar refractivity (Wildman–Crippen MR) is 118 cm³/mol. The fraction of sp³-hybridized carbons (Fsp3) is 0.478. The summed E-state index contributed by atoms with van der Waals surface area (Å²) in [4.78, 5) is 28.8. The van der Waals surface area contributed by atoms with E-state index in [0.29, 0.717) is 19.6 Å². The van der Waals surface area contributed by atoms with Crippen LogP contribution in [-0.4, -0.2) is 59.2 Å². The molecule has 164 valence electrons. The monoisotopic (exact) mass is 423 g/mol. The van der Waals surface area contributed by atoms with E-state index in [1.807, 2.05) is 67.0 Å². The Morgan fingerprint density at radius 3 is 2.48 bits per heavy atom. The van der Waals surface area contributed by atoms with Gasteiger partial charge in [0.05, 0.1) is 12.5 Å². The van der Waals surface area contributed by atoms with Crippen molar-refractivity contribution in [1.29, 1.82) is 0 Å². The number of hydrogen-bond acceptors (Lipinski definition) is 6. The number of ether oxygens (including phenoxy) is 1. The number of nitrogens with zero attached hydrogens (tertiary/aromatic N) is 4. The number of hydrogen-bond donors (Lipinski definition) is 1. The van der Waals surface area contributed by atoms with Crippen molar-refractivity contribution in [2.24, 2.45) is 11.3 Å². The molecule has 2 aromatic rings. The van der Waals surface area contributed by atoms with Crippen LogP contribution in [0.2, 0.25) is 0 Å². The Kier molecular flexibility index (Phi) is 5.80. The zero-order valence-electron chi connectivity index (χ0n) is 18.2. The molecule has 8 nitrogen and oxygen atoms in total. The number of amides is 2. The van der Waals surface area contributed by atoms with Crippen molar-refractivity contribution in [3.8, 4) is 5.75 Å². The van der Waals surface area contributed by atoms with E-state index in [-0.39, 0.29) is 29.3 Å². The molecule has 2 fully saturated rings.